The van der Waals surface area contributed by atoms with E-state index in [1.807, 2.05) is 24.3 Å². The van der Waals surface area contributed by atoms with Crippen molar-refractivity contribution in [1.29, 1.82) is 0 Å². The SMILES string of the molecule is Bc1c(B)c(B)c(-c2c(B)c(B)c(B)c3c(-c4nc(C5=CC=CC6Oc7ccccc7C56)nc(-c5ccccc5)n4)c(B)c(B)c(B)c23)c(B)c1B. The first-order chi connectivity index (χ1) is 24.9. The first-order valence-corrected chi connectivity index (χ1v) is 18.5. The molecule has 0 N–H and O–H groups in total. The summed E-state index contributed by atoms with van der Waals surface area (Å²) in [5, 5.41) is 2.53. The van der Waals surface area contributed by atoms with Gasteiger partial charge in [0.1, 0.15) is 98.2 Å². The van der Waals surface area contributed by atoms with Gasteiger partial charge in [0.15, 0.2) is 17.5 Å². The molecule has 6 aromatic rings. The van der Waals surface area contributed by atoms with Crippen LogP contribution in [0.3, 0.4) is 0 Å². The van der Waals surface area contributed by atoms with E-state index >= 15 is 0 Å². The second-order valence-corrected chi connectivity index (χ2v) is 15.0. The normalized spacial score (nSPS) is 16.0. The van der Waals surface area contributed by atoms with Gasteiger partial charge in [0, 0.05) is 22.3 Å². The zero-order valence-electron chi connectivity index (χ0n) is 32.3. The highest BCUT2D eigenvalue weighted by molar-refractivity contribution is 6.72. The predicted octanol–water partition coefficient (Wildman–Crippen LogP) is -10.6. The average molecular weight is 658 g/mol. The van der Waals surface area contributed by atoms with Crippen molar-refractivity contribution >= 4 is 163 Å². The maximum atomic E-state index is 6.44. The fraction of sp³-hybridized carbons (Fsp3) is 0.0541. The average Bonchev–Trinajstić information content (AvgIpc) is 3.55. The molecule has 2 aliphatic rings. The summed E-state index contributed by atoms with van der Waals surface area (Å²) in [6, 6.07) is 18.7. The Labute approximate surface area is 317 Å². The van der Waals surface area contributed by atoms with Crippen molar-refractivity contribution in [3.63, 3.8) is 0 Å². The summed E-state index contributed by atoms with van der Waals surface area (Å²) in [5.41, 5.74) is 21.5. The molecular weight excluding hydrogens is 621 g/mol. The van der Waals surface area contributed by atoms with E-state index in [0.29, 0.717) is 17.5 Å². The van der Waals surface area contributed by atoms with E-state index in [2.05, 4.69) is 135 Å². The Bertz CT molecular complexity index is 2560. The van der Waals surface area contributed by atoms with E-state index in [4.69, 9.17) is 19.7 Å². The van der Waals surface area contributed by atoms with Gasteiger partial charge in [0.2, 0.25) is 0 Å². The minimum absolute atomic E-state index is 0.00475. The highest BCUT2D eigenvalue weighted by atomic mass is 16.5. The van der Waals surface area contributed by atoms with Crippen LogP contribution in [0.1, 0.15) is 17.3 Å². The molecule has 8 rings (SSSR count). The molecule has 1 aliphatic carbocycles. The lowest BCUT2D eigenvalue weighted by molar-refractivity contribution is 0.271. The number of para-hydroxylation sites is 1. The zero-order chi connectivity index (χ0) is 36.7. The molecule has 1 aromatic heterocycles. The monoisotopic (exact) mass is 659 g/mol. The Morgan fingerprint density at radius 1 is 0.462 bits per heavy atom. The Morgan fingerprint density at radius 3 is 1.63 bits per heavy atom. The molecule has 2 unspecified atom stereocenters. The highest BCUT2D eigenvalue weighted by Gasteiger charge is 2.38. The summed E-state index contributed by atoms with van der Waals surface area (Å²) in [6.07, 6.45) is 6.29. The molecule has 0 amide bonds. The Morgan fingerprint density at radius 2 is 0.962 bits per heavy atom. The number of aromatic nitrogens is 3. The lowest BCUT2D eigenvalue weighted by Crippen LogP contribution is -2.56. The smallest absolute Gasteiger partial charge is 0.164 e. The number of fused-ring (bicyclic) bond motifs is 4. The van der Waals surface area contributed by atoms with Gasteiger partial charge in [-0.15, -0.1) is 21.9 Å². The molecule has 52 heavy (non-hydrogen) atoms. The van der Waals surface area contributed by atoms with Crippen LogP contribution in [0.2, 0.25) is 0 Å². The molecule has 2 atom stereocenters. The van der Waals surface area contributed by atoms with Gasteiger partial charge in [-0.25, -0.2) is 15.0 Å². The highest BCUT2D eigenvalue weighted by Crippen LogP contribution is 2.47. The van der Waals surface area contributed by atoms with Crippen LogP contribution in [0.25, 0.3) is 50.2 Å². The maximum Gasteiger partial charge on any atom is 0.164 e. The molecule has 0 fully saturated rings. The number of nitrogens with zero attached hydrogens (tertiary/aromatic N) is 3. The van der Waals surface area contributed by atoms with E-state index in [1.165, 1.54) is 87.6 Å². The van der Waals surface area contributed by atoms with Gasteiger partial charge >= 0.3 is 0 Å². The van der Waals surface area contributed by atoms with Crippen LogP contribution in [0.4, 0.5) is 0 Å². The zero-order valence-corrected chi connectivity index (χ0v) is 32.3. The molecule has 2 heterocycles. The van der Waals surface area contributed by atoms with Gasteiger partial charge in [-0.3, -0.25) is 0 Å². The first kappa shape index (κ1) is 34.5. The molecule has 5 aromatic carbocycles. The van der Waals surface area contributed by atoms with Crippen molar-refractivity contribution in [3.05, 3.63) is 84.2 Å². The molecule has 15 heteroatoms. The molecule has 0 saturated carbocycles. The number of rotatable bonds is 4. The topological polar surface area (TPSA) is 47.9 Å². The van der Waals surface area contributed by atoms with Crippen molar-refractivity contribution in [2.24, 2.45) is 0 Å². The van der Waals surface area contributed by atoms with Gasteiger partial charge in [-0.1, -0.05) is 98.9 Å². The minimum Gasteiger partial charge on any atom is -0.485 e. The molecule has 0 saturated heterocycles. The second kappa shape index (κ2) is 12.8. The predicted molar refractivity (Wildman–Crippen MR) is 254 cm³/mol. The molecule has 0 radical (unpaired) electrons. The minimum atomic E-state index is -0.106. The lowest BCUT2D eigenvalue weighted by Gasteiger charge is -2.29. The van der Waals surface area contributed by atoms with Crippen molar-refractivity contribution in [2.75, 3.05) is 0 Å². The summed E-state index contributed by atoms with van der Waals surface area (Å²) in [5.74, 6) is 2.98. The van der Waals surface area contributed by atoms with Gasteiger partial charge in [-0.2, -0.15) is 0 Å². The van der Waals surface area contributed by atoms with Gasteiger partial charge in [0.25, 0.3) is 0 Å². The first-order valence-electron chi connectivity index (χ1n) is 18.5. The fourth-order valence-electron chi connectivity index (χ4n) is 8.81. The summed E-state index contributed by atoms with van der Waals surface area (Å²) in [7, 11) is 25.1. The number of benzene rings is 5. The Kier molecular flexibility index (Phi) is 8.47. The number of hydrogen-bond donors (Lipinski definition) is 0. The molecular formula is C37H36B11N3O. The van der Waals surface area contributed by atoms with Crippen molar-refractivity contribution in [1.82, 2.24) is 15.0 Å². The van der Waals surface area contributed by atoms with Crippen LogP contribution in [0.15, 0.2) is 72.8 Å². The van der Waals surface area contributed by atoms with Crippen molar-refractivity contribution in [3.8, 4) is 39.7 Å². The van der Waals surface area contributed by atoms with E-state index in [-0.39, 0.29) is 12.0 Å². The van der Waals surface area contributed by atoms with Crippen LogP contribution in [0.5, 0.6) is 5.75 Å². The fourth-order valence-corrected chi connectivity index (χ4v) is 8.81. The third-order valence-electron chi connectivity index (χ3n) is 12.7. The van der Waals surface area contributed by atoms with Gasteiger partial charge in [-0.05, 0) is 34.0 Å². The van der Waals surface area contributed by atoms with E-state index in [1.54, 1.807) is 0 Å². The van der Waals surface area contributed by atoms with Crippen LogP contribution in [0, 0.1) is 0 Å². The van der Waals surface area contributed by atoms with Crippen molar-refractivity contribution in [2.45, 2.75) is 12.0 Å². The van der Waals surface area contributed by atoms with Gasteiger partial charge < -0.3 is 4.74 Å². The van der Waals surface area contributed by atoms with Crippen LogP contribution in [-0.4, -0.2) is 107 Å². The molecule has 0 bridgehead atoms. The summed E-state index contributed by atoms with van der Waals surface area (Å²) < 4.78 is 6.44. The summed E-state index contributed by atoms with van der Waals surface area (Å²) >= 11 is 0. The lowest BCUT2D eigenvalue weighted by atomic mass is 9.56. The molecule has 0 spiro atoms. The Hall–Kier alpha value is -4.64. The van der Waals surface area contributed by atoms with Crippen LogP contribution in [-0.2, 0) is 0 Å². The molecule has 1 aliphatic heterocycles. The molecule has 238 valence electrons. The van der Waals surface area contributed by atoms with E-state index < -0.39 is 0 Å². The number of hydrogen-bond acceptors (Lipinski definition) is 4. The van der Waals surface area contributed by atoms with Crippen molar-refractivity contribution < 1.29 is 4.74 Å². The van der Waals surface area contributed by atoms with E-state index in [0.717, 1.165) is 22.4 Å². The molecule has 4 nitrogen and oxygen atoms in total. The third-order valence-corrected chi connectivity index (χ3v) is 12.7. The number of ether oxygens (including phenoxy) is 1. The standard InChI is InChI=1S/C37H36B11N3O/c38-24-19-20(22-27(41)32(46)34(48)33(47)28(22)42)25(39)30(44)26(40)21(19)23(29(43)31(24)45)37-50-35(13-7-2-1-3-8-13)49-36(51-37)15-10-6-12-17-18(15)14-9-4-5-11-16(14)52-17/h1-12,17-18H,38-48H2. The Balaban J connectivity index is 1.48. The maximum absolute atomic E-state index is 6.44. The summed E-state index contributed by atoms with van der Waals surface area (Å²) in [4.78, 5) is 16.0. The second-order valence-electron chi connectivity index (χ2n) is 15.0. The quantitative estimate of drug-likeness (QED) is 0.177. The van der Waals surface area contributed by atoms with Crippen LogP contribution >= 0.6 is 0 Å². The summed E-state index contributed by atoms with van der Waals surface area (Å²) in [6.45, 7) is 0. The third kappa shape index (κ3) is 5.10. The largest absolute Gasteiger partial charge is 0.485 e. The van der Waals surface area contributed by atoms with Gasteiger partial charge in [0.05, 0.1) is 5.92 Å². The van der Waals surface area contributed by atoms with Crippen LogP contribution < -0.4 is 64.8 Å². The van der Waals surface area contributed by atoms with E-state index in [9.17, 15) is 0 Å². The number of allylic oxidation sites excluding steroid dienone is 2.